The lowest BCUT2D eigenvalue weighted by Gasteiger charge is -2.51. The first kappa shape index (κ1) is 16.1. The Balaban J connectivity index is 2.18. The molecule has 1 amide bonds. The number of amides is 1. The highest BCUT2D eigenvalue weighted by atomic mass is 19.4. The third kappa shape index (κ3) is 1.99. The lowest BCUT2D eigenvalue weighted by molar-refractivity contribution is -0.249. The van der Waals surface area contributed by atoms with E-state index in [0.717, 1.165) is 10.5 Å². The zero-order valence-electron chi connectivity index (χ0n) is 13.2. The van der Waals surface area contributed by atoms with E-state index >= 15 is 0 Å². The summed E-state index contributed by atoms with van der Waals surface area (Å²) in [6, 6.07) is 7.08. The number of halogens is 3. The van der Waals surface area contributed by atoms with E-state index in [1.807, 2.05) is 0 Å². The third-order valence-corrected chi connectivity index (χ3v) is 4.97. The molecule has 2 N–H and O–H groups in total. The zero-order chi connectivity index (χ0) is 17.3. The summed E-state index contributed by atoms with van der Waals surface area (Å²) in [6.45, 7) is 5.32. The van der Waals surface area contributed by atoms with Gasteiger partial charge in [0.2, 0.25) is 5.60 Å². The van der Waals surface area contributed by atoms with Crippen LogP contribution in [0.2, 0.25) is 0 Å². The molecule has 0 saturated carbocycles. The van der Waals surface area contributed by atoms with Gasteiger partial charge in [0.15, 0.2) is 0 Å². The van der Waals surface area contributed by atoms with Crippen LogP contribution < -0.4 is 5.32 Å². The molecule has 0 spiro atoms. The highest BCUT2D eigenvalue weighted by molar-refractivity contribution is 5.91. The molecule has 7 heteroatoms. The van der Waals surface area contributed by atoms with Crippen molar-refractivity contribution in [3.63, 3.8) is 0 Å². The Morgan fingerprint density at radius 3 is 2.39 bits per heavy atom. The minimum Gasteiger partial charge on any atom is -0.372 e. The molecule has 1 aromatic carbocycles. The van der Waals surface area contributed by atoms with Gasteiger partial charge >= 0.3 is 6.18 Å². The van der Waals surface area contributed by atoms with Gasteiger partial charge in [-0.2, -0.15) is 13.2 Å². The fraction of sp³-hybridized carbons (Fsp3) is 0.562. The quantitative estimate of drug-likeness (QED) is 0.770. The number of carbonyl (C=O) groups is 1. The molecule has 1 saturated heterocycles. The van der Waals surface area contributed by atoms with Crippen LogP contribution in [0, 0.1) is 5.41 Å². The van der Waals surface area contributed by atoms with Crippen molar-refractivity contribution in [2.45, 2.75) is 51.2 Å². The van der Waals surface area contributed by atoms with Crippen LogP contribution in [0.25, 0.3) is 0 Å². The maximum Gasteiger partial charge on any atom is 0.426 e. The molecular weight excluding hydrogens is 309 g/mol. The summed E-state index contributed by atoms with van der Waals surface area (Å²) in [5.74, 6) is -1.29. The minimum absolute atomic E-state index is 0.0394. The van der Waals surface area contributed by atoms with Crippen LogP contribution in [0.5, 0.6) is 0 Å². The molecule has 0 aliphatic carbocycles. The average molecular weight is 328 g/mol. The van der Waals surface area contributed by atoms with Gasteiger partial charge in [0.05, 0.1) is 6.54 Å². The van der Waals surface area contributed by atoms with E-state index in [-0.39, 0.29) is 6.54 Å². The number of aliphatic hydroxyl groups is 1. The van der Waals surface area contributed by atoms with E-state index in [1.165, 1.54) is 0 Å². The number of hydrogen-bond donors (Lipinski definition) is 2. The summed E-state index contributed by atoms with van der Waals surface area (Å²) in [5.41, 5.74) is -3.96. The number of fused-ring (bicyclic) bond motifs is 2. The van der Waals surface area contributed by atoms with Gasteiger partial charge in [-0.1, -0.05) is 39.0 Å². The molecule has 0 bridgehead atoms. The Labute approximate surface area is 132 Å². The van der Waals surface area contributed by atoms with E-state index in [2.05, 4.69) is 5.32 Å². The fourth-order valence-electron chi connectivity index (χ4n) is 3.51. The summed E-state index contributed by atoms with van der Waals surface area (Å²) in [7, 11) is 0. The maximum atomic E-state index is 13.4. The summed E-state index contributed by atoms with van der Waals surface area (Å²) in [6.07, 6.45) is -5.76. The van der Waals surface area contributed by atoms with E-state index in [9.17, 15) is 23.1 Å². The number of carbonyl (C=O) groups excluding carboxylic acids is 1. The molecule has 0 radical (unpaired) electrons. The maximum absolute atomic E-state index is 13.4. The first-order valence-electron chi connectivity index (χ1n) is 7.40. The molecule has 126 valence electrons. The molecule has 2 atom stereocenters. The predicted molar refractivity (Wildman–Crippen MR) is 78.4 cm³/mol. The average Bonchev–Trinajstić information content (AvgIpc) is 2.66. The highest BCUT2D eigenvalue weighted by Crippen LogP contribution is 2.55. The van der Waals surface area contributed by atoms with E-state index in [0.29, 0.717) is 5.69 Å². The standard InChI is InChI=1S/C16H19F3N2O2/c1-13(2,3)15-9-14(23,16(17,18)19)12(22)21(15)8-10-6-4-5-7-11(10)20-15/h4-7,20,23H,8-9H2,1-3H3/t14-,15-/m1/s1. The number of nitrogens with zero attached hydrogens (tertiary/aromatic N) is 1. The highest BCUT2D eigenvalue weighted by Gasteiger charge is 2.73. The van der Waals surface area contributed by atoms with Gasteiger partial charge in [0, 0.05) is 17.5 Å². The molecule has 0 unspecified atom stereocenters. The Morgan fingerprint density at radius 1 is 1.22 bits per heavy atom. The molecule has 0 aromatic heterocycles. The molecule has 2 heterocycles. The van der Waals surface area contributed by atoms with Gasteiger partial charge < -0.3 is 15.3 Å². The van der Waals surface area contributed by atoms with Crippen molar-refractivity contribution in [2.24, 2.45) is 5.41 Å². The molecule has 4 nitrogen and oxygen atoms in total. The lowest BCUT2D eigenvalue weighted by atomic mass is 9.75. The van der Waals surface area contributed by atoms with Gasteiger partial charge in [-0.3, -0.25) is 4.79 Å². The van der Waals surface area contributed by atoms with Gasteiger partial charge in [0.25, 0.3) is 5.91 Å². The number of alkyl halides is 3. The van der Waals surface area contributed by atoms with E-state index in [1.54, 1.807) is 45.0 Å². The number of rotatable bonds is 0. The molecule has 1 aromatic rings. The van der Waals surface area contributed by atoms with Crippen molar-refractivity contribution in [3.05, 3.63) is 29.8 Å². The lowest BCUT2D eigenvalue weighted by Crippen LogP contribution is -2.61. The van der Waals surface area contributed by atoms with Gasteiger partial charge in [-0.25, -0.2) is 0 Å². The molecule has 1 fully saturated rings. The topological polar surface area (TPSA) is 52.6 Å². The molecule has 3 rings (SSSR count). The monoisotopic (exact) mass is 328 g/mol. The third-order valence-electron chi connectivity index (χ3n) is 4.97. The van der Waals surface area contributed by atoms with Crippen molar-refractivity contribution in [3.8, 4) is 0 Å². The van der Waals surface area contributed by atoms with Crippen LogP contribution in [0.15, 0.2) is 24.3 Å². The van der Waals surface area contributed by atoms with Crippen molar-refractivity contribution in [1.29, 1.82) is 0 Å². The van der Waals surface area contributed by atoms with E-state index < -0.39 is 35.2 Å². The van der Waals surface area contributed by atoms with Crippen LogP contribution in [0.3, 0.4) is 0 Å². The summed E-state index contributed by atoms with van der Waals surface area (Å²) in [5, 5.41) is 13.3. The molecule has 23 heavy (non-hydrogen) atoms. The fourth-order valence-corrected chi connectivity index (χ4v) is 3.51. The normalized spacial score (nSPS) is 30.7. The van der Waals surface area contributed by atoms with Crippen LogP contribution in [-0.2, 0) is 11.3 Å². The van der Waals surface area contributed by atoms with Crippen LogP contribution in [0.1, 0.15) is 32.8 Å². The summed E-state index contributed by atoms with van der Waals surface area (Å²) < 4.78 is 40.2. The number of anilines is 1. The molecule has 2 aliphatic rings. The second-order valence-electron chi connectivity index (χ2n) is 7.32. The number of hydrogen-bond acceptors (Lipinski definition) is 3. The first-order valence-corrected chi connectivity index (χ1v) is 7.40. The van der Waals surface area contributed by atoms with Gasteiger partial charge in [-0.15, -0.1) is 0 Å². The van der Waals surface area contributed by atoms with Crippen molar-refractivity contribution >= 4 is 11.6 Å². The van der Waals surface area contributed by atoms with Gasteiger partial charge in [0.1, 0.15) is 5.66 Å². The van der Waals surface area contributed by atoms with Crippen LogP contribution >= 0.6 is 0 Å². The molecule has 2 aliphatic heterocycles. The number of para-hydroxylation sites is 1. The molecular formula is C16H19F3N2O2. The zero-order valence-corrected chi connectivity index (χ0v) is 13.2. The largest absolute Gasteiger partial charge is 0.426 e. The predicted octanol–water partition coefficient (Wildman–Crippen LogP) is 2.88. The van der Waals surface area contributed by atoms with E-state index in [4.69, 9.17) is 0 Å². The smallest absolute Gasteiger partial charge is 0.372 e. The number of nitrogens with one attached hydrogen (secondary N) is 1. The minimum atomic E-state index is -5.02. The van der Waals surface area contributed by atoms with Crippen molar-refractivity contribution < 1.29 is 23.1 Å². The summed E-state index contributed by atoms with van der Waals surface area (Å²) in [4.78, 5) is 13.6. The Bertz CT molecular complexity index is 668. The van der Waals surface area contributed by atoms with Crippen molar-refractivity contribution in [1.82, 2.24) is 4.90 Å². The van der Waals surface area contributed by atoms with Crippen LogP contribution in [0.4, 0.5) is 18.9 Å². The first-order chi connectivity index (χ1) is 10.4. The Morgan fingerprint density at radius 2 is 1.83 bits per heavy atom. The Hall–Kier alpha value is -1.76. The number of benzene rings is 1. The van der Waals surface area contributed by atoms with Crippen LogP contribution in [-0.4, -0.2) is 33.4 Å². The summed E-state index contributed by atoms with van der Waals surface area (Å²) >= 11 is 0. The van der Waals surface area contributed by atoms with Gasteiger partial charge in [-0.05, 0) is 11.6 Å². The Kier molecular flexibility index (Phi) is 3.09. The second kappa shape index (κ2) is 4.41. The van der Waals surface area contributed by atoms with Crippen molar-refractivity contribution in [2.75, 3.05) is 5.32 Å². The second-order valence-corrected chi connectivity index (χ2v) is 7.32. The SMILES string of the molecule is CC(C)(C)[C@@]12C[C@](O)(C(F)(F)F)C(=O)N1Cc1ccccc1N2.